The van der Waals surface area contributed by atoms with Gasteiger partial charge in [-0.15, -0.1) is 0 Å². The minimum absolute atomic E-state index is 0.0359. The zero-order chi connectivity index (χ0) is 24.9. The Labute approximate surface area is 205 Å². The minimum atomic E-state index is -0.607. The van der Waals surface area contributed by atoms with E-state index in [9.17, 15) is 9.59 Å². The number of nitrogens with zero attached hydrogens (tertiary/aromatic N) is 2. The summed E-state index contributed by atoms with van der Waals surface area (Å²) in [5.41, 5.74) is 3.21. The monoisotopic (exact) mass is 479 g/mol. The Bertz CT molecular complexity index is 1090. The molecule has 2 aromatic rings. The van der Waals surface area contributed by atoms with E-state index in [1.54, 1.807) is 38.3 Å². The standard InChI is InChI=1S/C26H33N5O4/c1-4-23(32)29-25(27)17-5-8-19(9-6-17)28-26(33)22-10-7-18-15-20(34-3)16-21(24(18)35-22)31-13-11-30(2)12-14-31/h5-6,8-9,15-16,22H,4,7,10-14H2,1-3H3,(H,28,33)(H2,27,29,32). The van der Waals surface area contributed by atoms with Crippen molar-refractivity contribution < 1.29 is 19.1 Å². The van der Waals surface area contributed by atoms with Gasteiger partial charge >= 0.3 is 0 Å². The van der Waals surface area contributed by atoms with Crippen LogP contribution in [-0.4, -0.2) is 69.0 Å². The first kappa shape index (κ1) is 24.5. The summed E-state index contributed by atoms with van der Waals surface area (Å²) in [6.07, 6.45) is 0.993. The highest BCUT2D eigenvalue weighted by atomic mass is 16.5. The van der Waals surface area contributed by atoms with Gasteiger partial charge in [-0.25, -0.2) is 0 Å². The van der Waals surface area contributed by atoms with Crippen LogP contribution in [0, 0.1) is 5.41 Å². The quantitative estimate of drug-likeness (QED) is 0.434. The SMILES string of the molecule is CCC(=O)NC(=N)c1ccc(NC(=O)C2CCc3cc(OC)cc(N4CCN(C)CC4)c3O2)cc1. The Balaban J connectivity index is 1.45. The molecule has 0 bridgehead atoms. The predicted octanol–water partition coefficient (Wildman–Crippen LogP) is 2.63. The molecule has 3 N–H and O–H groups in total. The van der Waals surface area contributed by atoms with Crippen LogP contribution in [0.2, 0.25) is 0 Å². The van der Waals surface area contributed by atoms with Crippen LogP contribution >= 0.6 is 0 Å². The summed E-state index contributed by atoms with van der Waals surface area (Å²) in [5, 5.41) is 13.4. The molecule has 35 heavy (non-hydrogen) atoms. The molecule has 1 unspecified atom stereocenters. The first-order chi connectivity index (χ1) is 16.9. The number of methoxy groups -OCH3 is 1. The fourth-order valence-electron chi connectivity index (χ4n) is 4.28. The lowest BCUT2D eigenvalue weighted by atomic mass is 9.99. The Kier molecular flexibility index (Phi) is 7.55. The van der Waals surface area contributed by atoms with Gasteiger partial charge in [0.1, 0.15) is 17.3 Å². The lowest BCUT2D eigenvalue weighted by Gasteiger charge is -2.37. The van der Waals surface area contributed by atoms with Crippen molar-refractivity contribution in [3.63, 3.8) is 0 Å². The van der Waals surface area contributed by atoms with E-state index in [-0.39, 0.29) is 17.6 Å². The van der Waals surface area contributed by atoms with Crippen molar-refractivity contribution in [2.75, 3.05) is 50.6 Å². The Morgan fingerprint density at radius 1 is 1.14 bits per heavy atom. The minimum Gasteiger partial charge on any atom is -0.497 e. The Morgan fingerprint density at radius 2 is 1.86 bits per heavy atom. The van der Waals surface area contributed by atoms with Crippen molar-refractivity contribution >= 4 is 29.0 Å². The number of piperazine rings is 1. The average molecular weight is 480 g/mol. The highest BCUT2D eigenvalue weighted by Crippen LogP contribution is 2.41. The molecule has 186 valence electrons. The van der Waals surface area contributed by atoms with Crippen molar-refractivity contribution in [3.8, 4) is 11.5 Å². The molecule has 1 fully saturated rings. The molecule has 2 amide bonds. The second-order valence-corrected chi connectivity index (χ2v) is 8.91. The van der Waals surface area contributed by atoms with Crippen molar-refractivity contribution in [1.29, 1.82) is 5.41 Å². The summed E-state index contributed by atoms with van der Waals surface area (Å²) in [6.45, 7) is 5.43. The highest BCUT2D eigenvalue weighted by molar-refractivity contribution is 6.06. The highest BCUT2D eigenvalue weighted by Gasteiger charge is 2.31. The van der Waals surface area contributed by atoms with Crippen LogP contribution in [0.5, 0.6) is 11.5 Å². The van der Waals surface area contributed by atoms with Gasteiger partial charge in [-0.05, 0) is 50.2 Å². The molecule has 1 saturated heterocycles. The van der Waals surface area contributed by atoms with E-state index < -0.39 is 6.10 Å². The van der Waals surface area contributed by atoms with E-state index in [1.807, 2.05) is 12.1 Å². The van der Waals surface area contributed by atoms with Gasteiger partial charge in [0, 0.05) is 55.5 Å². The number of carbonyl (C=O) groups excluding carboxylic acids is 2. The summed E-state index contributed by atoms with van der Waals surface area (Å²) in [7, 11) is 3.78. The number of hydrogen-bond acceptors (Lipinski definition) is 7. The van der Waals surface area contributed by atoms with Crippen molar-refractivity contribution in [2.45, 2.75) is 32.3 Å². The molecule has 0 aliphatic carbocycles. The van der Waals surface area contributed by atoms with Gasteiger partial charge in [0.2, 0.25) is 5.91 Å². The van der Waals surface area contributed by atoms with E-state index in [0.717, 1.165) is 55.3 Å². The van der Waals surface area contributed by atoms with E-state index in [0.29, 0.717) is 24.1 Å². The average Bonchev–Trinajstić information content (AvgIpc) is 2.88. The second-order valence-electron chi connectivity index (χ2n) is 8.91. The second kappa shape index (κ2) is 10.8. The molecule has 2 aliphatic heterocycles. The van der Waals surface area contributed by atoms with E-state index in [2.05, 4.69) is 27.5 Å². The molecular formula is C26H33N5O4. The van der Waals surface area contributed by atoms with Crippen LogP contribution in [0.25, 0.3) is 0 Å². The Hall–Kier alpha value is -3.59. The van der Waals surface area contributed by atoms with Gasteiger partial charge in [-0.2, -0.15) is 0 Å². The molecule has 2 heterocycles. The van der Waals surface area contributed by atoms with Crippen LogP contribution in [0.3, 0.4) is 0 Å². The van der Waals surface area contributed by atoms with Gasteiger partial charge in [0.05, 0.1) is 12.8 Å². The van der Waals surface area contributed by atoms with Crippen LogP contribution < -0.4 is 25.0 Å². The first-order valence-corrected chi connectivity index (χ1v) is 12.0. The number of likely N-dealkylation sites (N-methyl/N-ethyl adjacent to an activating group) is 1. The van der Waals surface area contributed by atoms with E-state index in [4.69, 9.17) is 14.9 Å². The summed E-state index contributed by atoms with van der Waals surface area (Å²) in [5.74, 6) is 1.17. The number of benzene rings is 2. The number of carbonyl (C=O) groups is 2. The third kappa shape index (κ3) is 5.74. The number of anilines is 2. The maximum atomic E-state index is 13.1. The number of nitrogens with one attached hydrogen (secondary N) is 3. The number of aryl methyl sites for hydroxylation is 1. The molecule has 4 rings (SSSR count). The summed E-state index contributed by atoms with van der Waals surface area (Å²) in [4.78, 5) is 29.2. The van der Waals surface area contributed by atoms with Crippen molar-refractivity contribution in [2.24, 2.45) is 0 Å². The summed E-state index contributed by atoms with van der Waals surface area (Å²) < 4.78 is 11.8. The summed E-state index contributed by atoms with van der Waals surface area (Å²) >= 11 is 0. The number of fused-ring (bicyclic) bond motifs is 1. The fourth-order valence-corrected chi connectivity index (χ4v) is 4.28. The molecule has 9 nitrogen and oxygen atoms in total. The van der Waals surface area contributed by atoms with E-state index >= 15 is 0 Å². The molecule has 0 saturated carbocycles. The largest absolute Gasteiger partial charge is 0.497 e. The summed E-state index contributed by atoms with van der Waals surface area (Å²) in [6, 6.07) is 10.8. The normalized spacial score (nSPS) is 17.7. The Morgan fingerprint density at radius 3 is 2.51 bits per heavy atom. The van der Waals surface area contributed by atoms with Gasteiger partial charge in [0.25, 0.3) is 5.91 Å². The predicted molar refractivity (Wildman–Crippen MR) is 136 cm³/mol. The van der Waals surface area contributed by atoms with Crippen LogP contribution in [0.15, 0.2) is 36.4 Å². The maximum absolute atomic E-state index is 13.1. The zero-order valence-electron chi connectivity index (χ0n) is 20.5. The van der Waals surface area contributed by atoms with Crippen molar-refractivity contribution in [1.82, 2.24) is 10.2 Å². The smallest absolute Gasteiger partial charge is 0.265 e. The van der Waals surface area contributed by atoms with Crippen LogP contribution in [-0.2, 0) is 16.0 Å². The molecule has 9 heteroatoms. The molecule has 2 aliphatic rings. The number of amidine groups is 1. The maximum Gasteiger partial charge on any atom is 0.265 e. The molecular weight excluding hydrogens is 446 g/mol. The van der Waals surface area contributed by atoms with Gasteiger partial charge in [0.15, 0.2) is 6.10 Å². The number of rotatable bonds is 6. The zero-order valence-corrected chi connectivity index (χ0v) is 20.5. The van der Waals surface area contributed by atoms with Crippen LogP contribution in [0.4, 0.5) is 11.4 Å². The number of amides is 2. The van der Waals surface area contributed by atoms with E-state index in [1.165, 1.54) is 0 Å². The lowest BCUT2D eigenvalue weighted by molar-refractivity contribution is -0.123. The van der Waals surface area contributed by atoms with Gasteiger partial charge in [-0.1, -0.05) is 6.92 Å². The van der Waals surface area contributed by atoms with Gasteiger partial charge < -0.3 is 29.9 Å². The third-order valence-electron chi connectivity index (χ3n) is 6.45. The van der Waals surface area contributed by atoms with Gasteiger partial charge in [-0.3, -0.25) is 15.0 Å². The van der Waals surface area contributed by atoms with Crippen molar-refractivity contribution in [3.05, 3.63) is 47.5 Å². The molecule has 2 aromatic carbocycles. The van der Waals surface area contributed by atoms with Crippen LogP contribution in [0.1, 0.15) is 30.9 Å². The molecule has 0 radical (unpaired) electrons. The number of ether oxygens (including phenoxy) is 2. The molecule has 0 spiro atoms. The molecule has 0 aromatic heterocycles. The lowest BCUT2D eigenvalue weighted by Crippen LogP contribution is -2.45. The first-order valence-electron chi connectivity index (χ1n) is 12.0. The third-order valence-corrected chi connectivity index (χ3v) is 6.45. The topological polar surface area (TPSA) is 107 Å². The molecule has 1 atom stereocenters. The fraction of sp³-hybridized carbons (Fsp3) is 0.423. The number of hydrogen-bond donors (Lipinski definition) is 3.